The molecule has 2 unspecified atom stereocenters. The van der Waals surface area contributed by atoms with Crippen molar-refractivity contribution < 1.29 is 0 Å². The van der Waals surface area contributed by atoms with E-state index in [0.29, 0.717) is 0 Å². The molecule has 4 aromatic rings. The number of thioether (sulfide) groups is 1. The standard InChI is InChI=1S/C30H26S/c1-5-13-25(14-6-1)21-23-29(27-17-9-3-10-18-27)31-30(28-19-11-4-12-20-28)24-22-26-15-7-2-8-16-26/h1-24,29-30H. The maximum absolute atomic E-state index is 2.32. The summed E-state index contributed by atoms with van der Waals surface area (Å²) >= 11 is 1.96. The average Bonchev–Trinajstić information content (AvgIpc) is 2.86. The molecule has 0 aliphatic heterocycles. The van der Waals surface area contributed by atoms with Crippen LogP contribution in [0.4, 0.5) is 0 Å². The summed E-state index contributed by atoms with van der Waals surface area (Å²) in [7, 11) is 0. The van der Waals surface area contributed by atoms with E-state index < -0.39 is 0 Å². The zero-order chi connectivity index (χ0) is 21.1. The first-order chi connectivity index (χ1) is 15.4. The molecule has 31 heavy (non-hydrogen) atoms. The molecule has 1 heteroatoms. The minimum absolute atomic E-state index is 0.243. The van der Waals surface area contributed by atoms with Gasteiger partial charge in [0.15, 0.2) is 0 Å². The summed E-state index contributed by atoms with van der Waals surface area (Å²) < 4.78 is 0. The lowest BCUT2D eigenvalue weighted by molar-refractivity contribution is 1.17. The largest absolute Gasteiger partial charge is 0.137 e. The van der Waals surface area contributed by atoms with E-state index in [4.69, 9.17) is 0 Å². The van der Waals surface area contributed by atoms with Crippen molar-refractivity contribution in [3.05, 3.63) is 156 Å². The van der Waals surface area contributed by atoms with Crippen molar-refractivity contribution in [1.82, 2.24) is 0 Å². The molecule has 0 amide bonds. The average molecular weight is 419 g/mol. The van der Waals surface area contributed by atoms with E-state index in [-0.39, 0.29) is 10.5 Å². The Morgan fingerprint density at radius 3 is 1.10 bits per heavy atom. The third kappa shape index (κ3) is 6.34. The lowest BCUT2D eigenvalue weighted by atomic mass is 10.1. The van der Waals surface area contributed by atoms with Gasteiger partial charge in [-0.2, -0.15) is 0 Å². The Bertz CT molecular complexity index is 993. The summed E-state index contributed by atoms with van der Waals surface area (Å²) in [5.41, 5.74) is 5.07. The molecule has 0 aliphatic rings. The number of rotatable bonds is 8. The zero-order valence-electron chi connectivity index (χ0n) is 17.4. The molecule has 0 N–H and O–H groups in total. The van der Waals surface area contributed by atoms with E-state index in [1.54, 1.807) is 0 Å². The lowest BCUT2D eigenvalue weighted by Crippen LogP contribution is -1.97. The Morgan fingerprint density at radius 2 is 0.742 bits per heavy atom. The first kappa shape index (κ1) is 21.0. The summed E-state index contributed by atoms with van der Waals surface area (Å²) in [5.74, 6) is 0. The smallest absolute Gasteiger partial charge is 0.0489 e. The molecular weight excluding hydrogens is 392 g/mol. The minimum Gasteiger partial charge on any atom is -0.137 e. The highest BCUT2D eigenvalue weighted by molar-refractivity contribution is 8.00. The van der Waals surface area contributed by atoms with Gasteiger partial charge in [0.2, 0.25) is 0 Å². The summed E-state index contributed by atoms with van der Waals surface area (Å²) in [6.07, 6.45) is 9.10. The first-order valence-electron chi connectivity index (χ1n) is 10.6. The maximum Gasteiger partial charge on any atom is 0.0489 e. The summed E-state index contributed by atoms with van der Waals surface area (Å²) in [6, 6.07) is 42.5. The van der Waals surface area contributed by atoms with Crippen LogP contribution in [0.5, 0.6) is 0 Å². The normalized spacial score (nSPS) is 13.4. The van der Waals surface area contributed by atoms with Gasteiger partial charge < -0.3 is 0 Å². The van der Waals surface area contributed by atoms with Crippen LogP contribution in [0.2, 0.25) is 0 Å². The highest BCUT2D eigenvalue weighted by Crippen LogP contribution is 2.42. The molecule has 0 bridgehead atoms. The van der Waals surface area contributed by atoms with Crippen molar-refractivity contribution in [1.29, 1.82) is 0 Å². The second-order valence-electron chi connectivity index (χ2n) is 7.34. The van der Waals surface area contributed by atoms with Crippen molar-refractivity contribution in [2.45, 2.75) is 10.5 Å². The van der Waals surface area contributed by atoms with Crippen molar-refractivity contribution in [3.63, 3.8) is 0 Å². The number of hydrogen-bond acceptors (Lipinski definition) is 1. The number of hydrogen-bond donors (Lipinski definition) is 0. The third-order valence-electron chi connectivity index (χ3n) is 5.08. The Balaban J connectivity index is 1.64. The van der Waals surface area contributed by atoms with Crippen LogP contribution in [0, 0.1) is 0 Å². The second-order valence-corrected chi connectivity index (χ2v) is 8.63. The fourth-order valence-electron chi connectivity index (χ4n) is 3.44. The lowest BCUT2D eigenvalue weighted by Gasteiger charge is -2.20. The fraction of sp³-hybridized carbons (Fsp3) is 0.0667. The van der Waals surface area contributed by atoms with Crippen LogP contribution in [0.15, 0.2) is 133 Å². The summed E-state index contributed by atoms with van der Waals surface area (Å²) in [6.45, 7) is 0. The van der Waals surface area contributed by atoms with Crippen LogP contribution in [0.3, 0.4) is 0 Å². The van der Waals surface area contributed by atoms with Crippen molar-refractivity contribution in [3.8, 4) is 0 Å². The van der Waals surface area contributed by atoms with Gasteiger partial charge >= 0.3 is 0 Å². The van der Waals surface area contributed by atoms with E-state index in [0.717, 1.165) is 0 Å². The molecule has 0 radical (unpaired) electrons. The molecule has 0 fully saturated rings. The monoisotopic (exact) mass is 418 g/mol. The molecule has 152 valence electrons. The Hall–Kier alpha value is -3.29. The van der Waals surface area contributed by atoms with Gasteiger partial charge in [0.25, 0.3) is 0 Å². The Morgan fingerprint density at radius 1 is 0.419 bits per heavy atom. The van der Waals surface area contributed by atoms with Gasteiger partial charge in [-0.05, 0) is 22.3 Å². The van der Waals surface area contributed by atoms with E-state index in [9.17, 15) is 0 Å². The van der Waals surface area contributed by atoms with Crippen molar-refractivity contribution >= 4 is 23.9 Å². The van der Waals surface area contributed by atoms with E-state index in [1.165, 1.54) is 22.3 Å². The van der Waals surface area contributed by atoms with Crippen LogP contribution in [-0.4, -0.2) is 0 Å². The van der Waals surface area contributed by atoms with Gasteiger partial charge in [0, 0.05) is 10.5 Å². The predicted octanol–water partition coefficient (Wildman–Crippen LogP) is 8.63. The molecule has 0 nitrogen and oxygen atoms in total. The van der Waals surface area contributed by atoms with Crippen molar-refractivity contribution in [2.75, 3.05) is 0 Å². The quantitative estimate of drug-likeness (QED) is 0.276. The molecule has 0 heterocycles. The highest BCUT2D eigenvalue weighted by Gasteiger charge is 2.16. The topological polar surface area (TPSA) is 0 Å². The Kier molecular flexibility index (Phi) is 7.57. The molecule has 0 saturated carbocycles. The molecule has 0 spiro atoms. The minimum atomic E-state index is 0.243. The maximum atomic E-state index is 2.32. The first-order valence-corrected chi connectivity index (χ1v) is 11.5. The van der Waals surface area contributed by atoms with E-state index in [1.807, 2.05) is 11.8 Å². The zero-order valence-corrected chi connectivity index (χ0v) is 18.2. The van der Waals surface area contributed by atoms with Crippen LogP contribution >= 0.6 is 11.8 Å². The number of benzene rings is 4. The summed E-state index contributed by atoms with van der Waals surface area (Å²) in [4.78, 5) is 0. The van der Waals surface area contributed by atoms with E-state index >= 15 is 0 Å². The molecule has 4 aromatic carbocycles. The predicted molar refractivity (Wildman–Crippen MR) is 137 cm³/mol. The molecule has 4 rings (SSSR count). The second kappa shape index (κ2) is 11.2. The molecule has 0 aromatic heterocycles. The molecule has 0 aliphatic carbocycles. The Labute approximate surface area is 190 Å². The molecule has 0 saturated heterocycles. The third-order valence-corrected chi connectivity index (χ3v) is 6.52. The summed E-state index contributed by atoms with van der Waals surface area (Å²) in [5, 5.41) is 0.485. The van der Waals surface area contributed by atoms with Gasteiger partial charge in [-0.15, -0.1) is 11.8 Å². The SMILES string of the molecule is C(=CC(SC(C=Cc1ccccc1)c1ccccc1)c1ccccc1)c1ccccc1. The van der Waals surface area contributed by atoms with Crippen LogP contribution in [-0.2, 0) is 0 Å². The van der Waals surface area contributed by atoms with E-state index in [2.05, 4.69) is 146 Å². The molecule has 2 atom stereocenters. The van der Waals surface area contributed by atoms with Crippen LogP contribution in [0.25, 0.3) is 12.2 Å². The van der Waals surface area contributed by atoms with Gasteiger partial charge in [0.05, 0.1) is 0 Å². The van der Waals surface area contributed by atoms with Crippen LogP contribution in [0.1, 0.15) is 32.8 Å². The van der Waals surface area contributed by atoms with Gasteiger partial charge in [-0.3, -0.25) is 0 Å². The highest BCUT2D eigenvalue weighted by atomic mass is 32.2. The van der Waals surface area contributed by atoms with Crippen molar-refractivity contribution in [2.24, 2.45) is 0 Å². The van der Waals surface area contributed by atoms with Gasteiger partial charge in [-0.25, -0.2) is 0 Å². The fourth-order valence-corrected chi connectivity index (χ4v) is 4.72. The van der Waals surface area contributed by atoms with Gasteiger partial charge in [0.1, 0.15) is 0 Å². The van der Waals surface area contributed by atoms with Crippen LogP contribution < -0.4 is 0 Å². The molecular formula is C30H26S. The van der Waals surface area contributed by atoms with Gasteiger partial charge in [-0.1, -0.05) is 146 Å².